The van der Waals surface area contributed by atoms with E-state index in [9.17, 15) is 14.4 Å². The van der Waals surface area contributed by atoms with E-state index in [1.807, 2.05) is 152 Å². The molecule has 3 aliphatic rings. The van der Waals surface area contributed by atoms with E-state index in [1.165, 1.54) is 16.7 Å². The number of nitrogens with zero attached hydrogens (tertiary/aromatic N) is 3. The third-order valence-electron chi connectivity index (χ3n) is 16.5. The van der Waals surface area contributed by atoms with E-state index in [0.717, 1.165) is 50.4 Å². The highest BCUT2D eigenvalue weighted by Gasteiger charge is 2.35. The number of benzene rings is 9. The van der Waals surface area contributed by atoms with Gasteiger partial charge >= 0.3 is 0 Å². The molecular weight excluding hydrogens is 1130 g/mol. The lowest BCUT2D eigenvalue weighted by molar-refractivity contribution is -0.118. The topological polar surface area (TPSA) is 194 Å². The zero-order valence-electron chi connectivity index (χ0n) is 51.9. The molecule has 3 saturated heterocycles. The van der Waals surface area contributed by atoms with Gasteiger partial charge in [0.25, 0.3) is 0 Å². The second-order valence-electron chi connectivity index (χ2n) is 23.0. The summed E-state index contributed by atoms with van der Waals surface area (Å²) < 4.78 is 34.7. The summed E-state index contributed by atoms with van der Waals surface area (Å²) in [7, 11) is 4.90. The highest BCUT2D eigenvalue weighted by atomic mass is 16.5. The van der Waals surface area contributed by atoms with Crippen LogP contribution in [0.2, 0.25) is 0 Å². The molecule has 12 rings (SSSR count). The SMILES string of the molecule is COc1ccc([C@H]2CC(=O)N(c3cccc(N)c3)C2)cc1OCc1ccc(C)cc1.COc1ccc([C@H]2CC(=O)N(c3cccc(N)c3)C2)cc1OCc1cccc(C)c1.COc1ccc([C@H]2CC(=O)N(c3cccc(N)c3)C2)cc1OCc1ccccc1C. The number of carbonyl (C=O) groups is 3. The zero-order chi connectivity index (χ0) is 63.3. The van der Waals surface area contributed by atoms with Gasteiger partial charge in [-0.15, -0.1) is 0 Å². The van der Waals surface area contributed by atoms with Gasteiger partial charge < -0.3 is 60.3 Å². The standard InChI is InChI=1S/3C25H26N2O3/c1-17-5-3-6-18(11-17)16-30-24-12-19(9-10-23(24)29-2)20-13-25(28)27(15-20)22-8-4-7-21(26)14-22;1-17-6-3-4-7-19(17)16-30-24-12-18(10-11-23(24)29-2)20-13-25(28)27(15-20)22-9-5-8-21(26)14-22;1-17-6-8-18(9-7-17)16-30-24-12-19(10-11-23(24)29-2)20-13-25(28)27(15-20)22-5-3-4-21(26)14-22/h3*3-12,14,20H,13,15-16,26H2,1-2H3/t3*20-/m000/s1. The Kier molecular flexibility index (Phi) is 20.2. The number of nitrogen functional groups attached to an aromatic ring is 3. The van der Waals surface area contributed by atoms with Gasteiger partial charge in [0.1, 0.15) is 19.8 Å². The Morgan fingerprint density at radius 1 is 0.367 bits per heavy atom. The molecule has 9 aromatic carbocycles. The highest BCUT2D eigenvalue weighted by Crippen LogP contribution is 2.41. The number of aryl methyl sites for hydroxylation is 3. The molecular formula is C75H78N6O9. The first-order chi connectivity index (χ1) is 43.6. The van der Waals surface area contributed by atoms with Crippen molar-refractivity contribution in [2.24, 2.45) is 0 Å². The molecule has 90 heavy (non-hydrogen) atoms. The summed E-state index contributed by atoms with van der Waals surface area (Å²) in [5.41, 5.74) is 32.3. The minimum atomic E-state index is 0.0886. The molecule has 0 unspecified atom stereocenters. The summed E-state index contributed by atoms with van der Waals surface area (Å²) in [6, 6.07) is 64.8. The lowest BCUT2D eigenvalue weighted by Crippen LogP contribution is -2.24. The Hall–Kier alpha value is -10.4. The molecule has 0 spiro atoms. The summed E-state index contributed by atoms with van der Waals surface area (Å²) in [5.74, 6) is 4.68. The quantitative estimate of drug-likeness (QED) is 0.0689. The van der Waals surface area contributed by atoms with Crippen molar-refractivity contribution < 1.29 is 42.8 Å². The molecule has 3 atom stereocenters. The number of hydrogen-bond donors (Lipinski definition) is 3. The molecule has 3 fully saturated rings. The fourth-order valence-electron chi connectivity index (χ4n) is 11.5. The van der Waals surface area contributed by atoms with Crippen LogP contribution in [-0.4, -0.2) is 58.7 Å². The molecule has 15 nitrogen and oxygen atoms in total. The van der Waals surface area contributed by atoms with Gasteiger partial charge in [0.05, 0.1) is 21.3 Å². The van der Waals surface area contributed by atoms with E-state index < -0.39 is 0 Å². The van der Waals surface area contributed by atoms with Crippen LogP contribution in [0.15, 0.2) is 200 Å². The van der Waals surface area contributed by atoms with E-state index in [0.29, 0.717) is 110 Å². The number of amides is 3. The average molecular weight is 1210 g/mol. The van der Waals surface area contributed by atoms with Crippen molar-refractivity contribution in [3.8, 4) is 34.5 Å². The zero-order valence-corrected chi connectivity index (χ0v) is 51.9. The number of hydrogen-bond acceptors (Lipinski definition) is 12. The first-order valence-electron chi connectivity index (χ1n) is 30.2. The van der Waals surface area contributed by atoms with E-state index in [-0.39, 0.29) is 35.5 Å². The summed E-state index contributed by atoms with van der Waals surface area (Å²) in [5, 5.41) is 0. The summed E-state index contributed by atoms with van der Waals surface area (Å²) in [4.78, 5) is 43.4. The molecule has 462 valence electrons. The van der Waals surface area contributed by atoms with Gasteiger partial charge in [0.15, 0.2) is 34.5 Å². The molecule has 0 radical (unpaired) electrons. The highest BCUT2D eigenvalue weighted by molar-refractivity contribution is 5.98. The van der Waals surface area contributed by atoms with Gasteiger partial charge in [-0.3, -0.25) is 14.4 Å². The summed E-state index contributed by atoms with van der Waals surface area (Å²) >= 11 is 0. The van der Waals surface area contributed by atoms with E-state index in [2.05, 4.69) is 69.3 Å². The number of rotatable bonds is 18. The van der Waals surface area contributed by atoms with Crippen molar-refractivity contribution in [2.45, 2.75) is 77.6 Å². The van der Waals surface area contributed by atoms with Crippen molar-refractivity contribution in [3.63, 3.8) is 0 Å². The van der Waals surface area contributed by atoms with E-state index in [4.69, 9.17) is 45.6 Å². The number of carbonyl (C=O) groups excluding carboxylic acids is 3. The summed E-state index contributed by atoms with van der Waals surface area (Å²) in [6.45, 7) is 9.43. The molecule has 3 aliphatic heterocycles. The van der Waals surface area contributed by atoms with E-state index in [1.54, 1.807) is 36.0 Å². The van der Waals surface area contributed by atoms with Crippen LogP contribution >= 0.6 is 0 Å². The minimum Gasteiger partial charge on any atom is -0.493 e. The number of ether oxygens (including phenoxy) is 6. The van der Waals surface area contributed by atoms with Gasteiger partial charge in [-0.05, 0) is 151 Å². The number of methoxy groups -OCH3 is 3. The third-order valence-corrected chi connectivity index (χ3v) is 16.5. The molecule has 3 heterocycles. The van der Waals surface area contributed by atoms with Gasteiger partial charge in [-0.1, -0.05) is 120 Å². The van der Waals surface area contributed by atoms with Crippen LogP contribution < -0.4 is 60.3 Å². The Balaban J connectivity index is 0.000000148. The molecule has 9 aromatic rings. The Labute approximate surface area is 527 Å². The lowest BCUT2D eigenvalue weighted by Gasteiger charge is -2.18. The number of anilines is 6. The monoisotopic (exact) mass is 1210 g/mol. The molecule has 0 aliphatic carbocycles. The first-order valence-corrected chi connectivity index (χ1v) is 30.2. The van der Waals surface area contributed by atoms with Crippen molar-refractivity contribution in [1.29, 1.82) is 0 Å². The van der Waals surface area contributed by atoms with Crippen molar-refractivity contribution in [1.82, 2.24) is 0 Å². The largest absolute Gasteiger partial charge is 0.493 e. The van der Waals surface area contributed by atoms with E-state index >= 15 is 0 Å². The van der Waals surface area contributed by atoms with Crippen LogP contribution in [0, 0.1) is 20.8 Å². The van der Waals surface area contributed by atoms with Crippen molar-refractivity contribution in [3.05, 3.63) is 250 Å². The Morgan fingerprint density at radius 3 is 1.14 bits per heavy atom. The van der Waals surface area contributed by atoms with Gasteiger partial charge in [0, 0.05) is 90.8 Å². The maximum Gasteiger partial charge on any atom is 0.227 e. The molecule has 6 N–H and O–H groups in total. The van der Waals surface area contributed by atoms with Crippen LogP contribution in [0.5, 0.6) is 34.5 Å². The summed E-state index contributed by atoms with van der Waals surface area (Å²) in [6.07, 6.45) is 1.37. The second-order valence-corrected chi connectivity index (χ2v) is 23.0. The molecule has 15 heteroatoms. The molecule has 0 saturated carbocycles. The van der Waals surface area contributed by atoms with Crippen LogP contribution in [0.25, 0.3) is 0 Å². The van der Waals surface area contributed by atoms with Crippen molar-refractivity contribution in [2.75, 3.05) is 72.9 Å². The smallest absolute Gasteiger partial charge is 0.227 e. The number of nitrogens with two attached hydrogens (primary N) is 3. The predicted molar refractivity (Wildman–Crippen MR) is 357 cm³/mol. The van der Waals surface area contributed by atoms with Crippen LogP contribution in [-0.2, 0) is 34.2 Å². The maximum absolute atomic E-state index is 12.7. The molecule has 0 aromatic heterocycles. The average Bonchev–Trinajstić information content (AvgIpc) is 2.67. The normalized spacial score (nSPS) is 16.0. The maximum atomic E-state index is 12.7. The van der Waals surface area contributed by atoms with Gasteiger partial charge in [-0.25, -0.2) is 0 Å². The molecule has 3 amide bonds. The fourth-order valence-corrected chi connectivity index (χ4v) is 11.5. The Bertz CT molecular complexity index is 3980. The van der Waals surface area contributed by atoms with Crippen LogP contribution in [0.4, 0.5) is 34.1 Å². The molecule has 0 bridgehead atoms. The first kappa shape index (κ1) is 62.6. The third kappa shape index (κ3) is 15.6. The van der Waals surface area contributed by atoms with Crippen molar-refractivity contribution >= 4 is 51.8 Å². The van der Waals surface area contributed by atoms with Crippen LogP contribution in [0.1, 0.15) is 87.1 Å². The predicted octanol–water partition coefficient (Wildman–Crippen LogP) is 14.1. The van der Waals surface area contributed by atoms with Gasteiger partial charge in [0.2, 0.25) is 17.7 Å². The Morgan fingerprint density at radius 2 is 0.756 bits per heavy atom. The second kappa shape index (κ2) is 29.1. The lowest BCUT2D eigenvalue weighted by atomic mass is 9.98. The minimum absolute atomic E-state index is 0.0886. The van der Waals surface area contributed by atoms with Crippen LogP contribution in [0.3, 0.4) is 0 Å². The van der Waals surface area contributed by atoms with Gasteiger partial charge in [-0.2, -0.15) is 0 Å². The fraction of sp³-hybridized carbons (Fsp3) is 0.240.